The summed E-state index contributed by atoms with van der Waals surface area (Å²) in [6.45, 7) is 1.14. The molecule has 1 aromatic rings. The van der Waals surface area contributed by atoms with Gasteiger partial charge in [-0.2, -0.15) is 0 Å². The van der Waals surface area contributed by atoms with Crippen LogP contribution in [-0.4, -0.2) is 12.4 Å². The molecule has 1 fully saturated rings. The highest BCUT2D eigenvalue weighted by Crippen LogP contribution is 2.29. The van der Waals surface area contributed by atoms with Crippen molar-refractivity contribution in [2.75, 3.05) is 17.7 Å². The molecular weight excluding hydrogens is 206 g/mol. The van der Waals surface area contributed by atoms with Crippen molar-refractivity contribution >= 4 is 17.3 Å². The number of nitrogens with one attached hydrogen (secondary N) is 1. The third kappa shape index (κ3) is 3.75. The van der Waals surface area contributed by atoms with Crippen LogP contribution < -0.4 is 5.32 Å². The first-order chi connectivity index (χ1) is 7.38. The molecular formula is C13H18ClN. The average molecular weight is 224 g/mol. The van der Waals surface area contributed by atoms with Gasteiger partial charge in [-0.3, -0.25) is 0 Å². The maximum Gasteiger partial charge on any atom is 0.0343 e. The predicted octanol–water partition coefficient (Wildman–Crippen LogP) is 3.68. The van der Waals surface area contributed by atoms with Gasteiger partial charge in [0, 0.05) is 18.1 Å². The molecule has 0 amide bonds. The molecule has 0 bridgehead atoms. The number of hydrogen-bond acceptors (Lipinski definition) is 1. The Morgan fingerprint density at radius 3 is 2.93 bits per heavy atom. The molecule has 1 nitrogen and oxygen atoms in total. The fourth-order valence-electron chi connectivity index (χ4n) is 1.69. The number of benzene rings is 1. The summed E-state index contributed by atoms with van der Waals surface area (Å²) in [5, 5.41) is 3.49. The first kappa shape index (κ1) is 10.8. The van der Waals surface area contributed by atoms with E-state index < -0.39 is 0 Å². The van der Waals surface area contributed by atoms with Crippen molar-refractivity contribution in [1.29, 1.82) is 0 Å². The van der Waals surface area contributed by atoms with Gasteiger partial charge in [0.1, 0.15) is 0 Å². The van der Waals surface area contributed by atoms with E-state index >= 15 is 0 Å². The Kier molecular flexibility index (Phi) is 3.90. The topological polar surface area (TPSA) is 12.0 Å². The van der Waals surface area contributed by atoms with Crippen LogP contribution in [-0.2, 0) is 6.42 Å². The minimum atomic E-state index is 0.750. The van der Waals surface area contributed by atoms with Gasteiger partial charge < -0.3 is 5.32 Å². The third-order valence-electron chi connectivity index (χ3n) is 2.82. The van der Waals surface area contributed by atoms with Crippen molar-refractivity contribution in [1.82, 2.24) is 0 Å². The highest BCUT2D eigenvalue weighted by atomic mass is 35.5. The zero-order valence-corrected chi connectivity index (χ0v) is 9.76. The van der Waals surface area contributed by atoms with Crippen LogP contribution in [0.25, 0.3) is 0 Å². The van der Waals surface area contributed by atoms with Crippen LogP contribution in [0.5, 0.6) is 0 Å². The predicted molar refractivity (Wildman–Crippen MR) is 66.7 cm³/mol. The Balaban J connectivity index is 1.85. The van der Waals surface area contributed by atoms with Gasteiger partial charge in [0.05, 0.1) is 0 Å². The van der Waals surface area contributed by atoms with E-state index in [0.29, 0.717) is 0 Å². The fraction of sp³-hybridized carbons (Fsp3) is 0.538. The van der Waals surface area contributed by atoms with E-state index in [2.05, 4.69) is 29.6 Å². The summed E-state index contributed by atoms with van der Waals surface area (Å²) in [4.78, 5) is 0. The van der Waals surface area contributed by atoms with Gasteiger partial charge in [0.2, 0.25) is 0 Å². The summed E-state index contributed by atoms with van der Waals surface area (Å²) in [5.74, 6) is 1.68. The molecule has 1 aliphatic rings. The van der Waals surface area contributed by atoms with Crippen molar-refractivity contribution in [3.05, 3.63) is 29.8 Å². The van der Waals surface area contributed by atoms with Gasteiger partial charge in [0.15, 0.2) is 0 Å². The van der Waals surface area contributed by atoms with Crippen LogP contribution in [0.1, 0.15) is 24.8 Å². The number of anilines is 1. The molecule has 82 valence electrons. The normalized spacial score (nSPS) is 15.3. The van der Waals surface area contributed by atoms with Crippen LogP contribution in [0.2, 0.25) is 0 Å². The SMILES string of the molecule is ClCCCc1cccc(NCC2CC2)c1. The van der Waals surface area contributed by atoms with Crippen LogP contribution in [0, 0.1) is 5.92 Å². The van der Waals surface area contributed by atoms with E-state index in [1.54, 1.807) is 0 Å². The highest BCUT2D eigenvalue weighted by molar-refractivity contribution is 6.17. The second-order valence-electron chi connectivity index (χ2n) is 4.32. The minimum absolute atomic E-state index is 0.750. The van der Waals surface area contributed by atoms with Crippen molar-refractivity contribution in [3.8, 4) is 0 Å². The quantitative estimate of drug-likeness (QED) is 0.726. The first-order valence-electron chi connectivity index (χ1n) is 5.77. The number of rotatable bonds is 6. The smallest absolute Gasteiger partial charge is 0.0343 e. The molecule has 1 saturated carbocycles. The number of hydrogen-bond donors (Lipinski definition) is 1. The van der Waals surface area contributed by atoms with Crippen molar-refractivity contribution < 1.29 is 0 Å². The maximum atomic E-state index is 5.69. The highest BCUT2D eigenvalue weighted by Gasteiger charge is 2.20. The second kappa shape index (κ2) is 5.41. The van der Waals surface area contributed by atoms with Gasteiger partial charge in [0.25, 0.3) is 0 Å². The van der Waals surface area contributed by atoms with Crippen LogP contribution in [0.4, 0.5) is 5.69 Å². The summed E-state index contributed by atoms with van der Waals surface area (Å²) in [7, 11) is 0. The van der Waals surface area contributed by atoms with Gasteiger partial charge in [-0.05, 0) is 49.3 Å². The van der Waals surface area contributed by atoms with Gasteiger partial charge in [-0.15, -0.1) is 11.6 Å². The largest absolute Gasteiger partial charge is 0.385 e. The molecule has 0 atom stereocenters. The van der Waals surface area contributed by atoms with E-state index in [9.17, 15) is 0 Å². The molecule has 0 spiro atoms. The molecule has 1 aromatic carbocycles. The summed E-state index contributed by atoms with van der Waals surface area (Å²) >= 11 is 5.69. The third-order valence-corrected chi connectivity index (χ3v) is 3.09. The van der Waals surface area contributed by atoms with Crippen molar-refractivity contribution in [2.24, 2.45) is 5.92 Å². The molecule has 2 rings (SSSR count). The van der Waals surface area contributed by atoms with Gasteiger partial charge in [-0.25, -0.2) is 0 Å². The Labute approximate surface area is 96.8 Å². The Bertz CT molecular complexity index is 307. The minimum Gasteiger partial charge on any atom is -0.385 e. The van der Waals surface area contributed by atoms with Crippen LogP contribution >= 0.6 is 11.6 Å². The standard InChI is InChI=1S/C13H18ClN/c14-8-2-4-11-3-1-5-13(9-11)15-10-12-6-7-12/h1,3,5,9,12,15H,2,4,6-8,10H2. The van der Waals surface area contributed by atoms with Gasteiger partial charge in [-0.1, -0.05) is 12.1 Å². The fourth-order valence-corrected chi connectivity index (χ4v) is 1.83. The molecule has 1 N–H and O–H groups in total. The lowest BCUT2D eigenvalue weighted by atomic mass is 10.1. The summed E-state index contributed by atoms with van der Waals surface area (Å²) in [6, 6.07) is 8.69. The van der Waals surface area contributed by atoms with E-state index in [0.717, 1.165) is 31.2 Å². The number of alkyl halides is 1. The molecule has 0 saturated heterocycles. The lowest BCUT2D eigenvalue weighted by Gasteiger charge is -2.07. The second-order valence-corrected chi connectivity index (χ2v) is 4.70. The lowest BCUT2D eigenvalue weighted by Crippen LogP contribution is -2.03. The molecule has 1 aliphatic carbocycles. The van der Waals surface area contributed by atoms with E-state index in [1.165, 1.54) is 24.1 Å². The maximum absolute atomic E-state index is 5.69. The molecule has 2 heteroatoms. The van der Waals surface area contributed by atoms with E-state index in [-0.39, 0.29) is 0 Å². The lowest BCUT2D eigenvalue weighted by molar-refractivity contribution is 0.886. The Morgan fingerprint density at radius 1 is 1.33 bits per heavy atom. The molecule has 0 heterocycles. The summed E-state index contributed by atoms with van der Waals surface area (Å²) in [5.41, 5.74) is 2.64. The number of halogens is 1. The first-order valence-corrected chi connectivity index (χ1v) is 6.31. The number of aryl methyl sites for hydroxylation is 1. The van der Waals surface area contributed by atoms with Gasteiger partial charge >= 0.3 is 0 Å². The molecule has 15 heavy (non-hydrogen) atoms. The molecule has 0 unspecified atom stereocenters. The monoisotopic (exact) mass is 223 g/mol. The Morgan fingerprint density at radius 2 is 2.20 bits per heavy atom. The average Bonchev–Trinajstić information content (AvgIpc) is 3.08. The van der Waals surface area contributed by atoms with E-state index in [4.69, 9.17) is 11.6 Å². The summed E-state index contributed by atoms with van der Waals surface area (Å²) in [6.07, 6.45) is 4.95. The van der Waals surface area contributed by atoms with Crippen LogP contribution in [0.3, 0.4) is 0 Å². The van der Waals surface area contributed by atoms with Crippen molar-refractivity contribution in [2.45, 2.75) is 25.7 Å². The van der Waals surface area contributed by atoms with E-state index in [1.807, 2.05) is 0 Å². The van der Waals surface area contributed by atoms with Crippen LogP contribution in [0.15, 0.2) is 24.3 Å². The Hall–Kier alpha value is -0.690. The molecule has 0 aromatic heterocycles. The summed E-state index contributed by atoms with van der Waals surface area (Å²) < 4.78 is 0. The van der Waals surface area contributed by atoms with Crippen molar-refractivity contribution in [3.63, 3.8) is 0 Å². The zero-order chi connectivity index (χ0) is 10.5. The molecule has 0 aliphatic heterocycles. The zero-order valence-electron chi connectivity index (χ0n) is 9.01. The molecule has 0 radical (unpaired) electrons.